The van der Waals surface area contributed by atoms with Crippen molar-refractivity contribution in [2.45, 2.75) is 12.7 Å². The number of thiazole rings is 1. The largest absolute Gasteiger partial charge is 0.494 e. The summed E-state index contributed by atoms with van der Waals surface area (Å²) in [7, 11) is 1.34. The van der Waals surface area contributed by atoms with Crippen LogP contribution in [0.15, 0.2) is 46.7 Å². The second-order valence-corrected chi connectivity index (χ2v) is 6.65. The molecule has 1 N–H and O–H groups in total. The van der Waals surface area contributed by atoms with E-state index in [0.717, 1.165) is 23.6 Å². The van der Waals surface area contributed by atoms with E-state index in [9.17, 15) is 27.2 Å². The Kier molecular flexibility index (Phi) is 5.69. The number of aromatic nitrogens is 2. The van der Waals surface area contributed by atoms with E-state index in [4.69, 9.17) is 4.74 Å². The molecule has 152 valence electrons. The number of pyridine rings is 1. The van der Waals surface area contributed by atoms with Crippen LogP contribution in [-0.2, 0) is 17.5 Å². The molecule has 29 heavy (non-hydrogen) atoms. The minimum atomic E-state index is -4.81. The van der Waals surface area contributed by atoms with Crippen LogP contribution >= 0.6 is 11.3 Å². The van der Waals surface area contributed by atoms with Gasteiger partial charge in [0, 0.05) is 17.1 Å². The molecule has 0 aliphatic rings. The van der Waals surface area contributed by atoms with Gasteiger partial charge in [-0.1, -0.05) is 0 Å². The third kappa shape index (κ3) is 4.62. The van der Waals surface area contributed by atoms with E-state index in [1.54, 1.807) is 11.4 Å². The Labute approximate surface area is 165 Å². The highest BCUT2D eigenvalue weighted by Crippen LogP contribution is 2.28. The maximum Gasteiger partial charge on any atom is 0.421 e. The SMILES string of the molecule is COc1ccc(-c2csc(NC(=O)Cn3cccc(C(F)(F)F)c3=O)n2)cc1F. The molecule has 1 aromatic carbocycles. The Morgan fingerprint density at radius 1 is 1.31 bits per heavy atom. The van der Waals surface area contributed by atoms with Crippen molar-refractivity contribution >= 4 is 22.4 Å². The summed E-state index contributed by atoms with van der Waals surface area (Å²) in [6.07, 6.45) is -3.72. The molecule has 0 unspecified atom stereocenters. The van der Waals surface area contributed by atoms with Gasteiger partial charge < -0.3 is 14.6 Å². The van der Waals surface area contributed by atoms with Crippen molar-refractivity contribution in [3.8, 4) is 17.0 Å². The summed E-state index contributed by atoms with van der Waals surface area (Å²) >= 11 is 1.05. The van der Waals surface area contributed by atoms with Gasteiger partial charge in [-0.25, -0.2) is 9.37 Å². The van der Waals surface area contributed by atoms with Crippen molar-refractivity contribution in [1.82, 2.24) is 9.55 Å². The van der Waals surface area contributed by atoms with E-state index in [1.807, 2.05) is 0 Å². The number of ether oxygens (including phenoxy) is 1. The number of nitrogens with zero attached hydrogens (tertiary/aromatic N) is 2. The minimum absolute atomic E-state index is 0.0732. The van der Waals surface area contributed by atoms with Gasteiger partial charge >= 0.3 is 6.18 Å². The molecule has 3 aromatic rings. The van der Waals surface area contributed by atoms with Gasteiger partial charge in [-0.2, -0.15) is 13.2 Å². The molecule has 0 radical (unpaired) electrons. The summed E-state index contributed by atoms with van der Waals surface area (Å²) in [5.41, 5.74) is -1.83. The highest BCUT2D eigenvalue weighted by atomic mass is 32.1. The normalized spacial score (nSPS) is 11.3. The summed E-state index contributed by atoms with van der Waals surface area (Å²) in [5.74, 6) is -1.23. The zero-order chi connectivity index (χ0) is 21.2. The van der Waals surface area contributed by atoms with Crippen LogP contribution in [0.2, 0.25) is 0 Å². The third-order valence-electron chi connectivity index (χ3n) is 3.84. The standard InChI is InChI=1S/C18H13F4N3O3S/c1-28-14-5-4-10(7-12(14)19)13-9-29-17(23-13)24-15(26)8-25-6-2-3-11(16(25)27)18(20,21)22/h2-7,9H,8H2,1H3,(H,23,24,26). The van der Waals surface area contributed by atoms with Crippen molar-refractivity contribution in [2.75, 3.05) is 12.4 Å². The summed E-state index contributed by atoms with van der Waals surface area (Å²) in [6.45, 7) is -0.616. The van der Waals surface area contributed by atoms with Crippen molar-refractivity contribution in [2.24, 2.45) is 0 Å². The fourth-order valence-corrected chi connectivity index (χ4v) is 3.22. The Hall–Kier alpha value is -3.21. The summed E-state index contributed by atoms with van der Waals surface area (Å²) in [5, 5.41) is 4.14. The Morgan fingerprint density at radius 3 is 2.72 bits per heavy atom. The lowest BCUT2D eigenvalue weighted by atomic mass is 10.1. The minimum Gasteiger partial charge on any atom is -0.494 e. The second-order valence-electron chi connectivity index (χ2n) is 5.79. The lowest BCUT2D eigenvalue weighted by Crippen LogP contribution is -2.31. The van der Waals surface area contributed by atoms with Crippen molar-refractivity contribution < 1.29 is 27.1 Å². The van der Waals surface area contributed by atoms with Crippen molar-refractivity contribution in [1.29, 1.82) is 0 Å². The molecule has 0 saturated carbocycles. The van der Waals surface area contributed by atoms with Crippen LogP contribution < -0.4 is 15.6 Å². The van der Waals surface area contributed by atoms with E-state index < -0.39 is 35.6 Å². The molecule has 0 aliphatic carbocycles. The van der Waals surface area contributed by atoms with E-state index in [-0.39, 0.29) is 10.9 Å². The molecule has 6 nitrogen and oxygen atoms in total. The molecule has 0 saturated heterocycles. The second kappa shape index (κ2) is 8.03. The van der Waals surface area contributed by atoms with Crippen LogP contribution in [0.3, 0.4) is 0 Å². The molecule has 0 aliphatic heterocycles. The molecule has 0 bridgehead atoms. The number of rotatable bonds is 5. The van der Waals surface area contributed by atoms with Gasteiger partial charge in [0.25, 0.3) is 5.56 Å². The first-order valence-corrected chi connectivity index (χ1v) is 8.93. The molecular weight excluding hydrogens is 414 g/mol. The highest BCUT2D eigenvalue weighted by Gasteiger charge is 2.34. The quantitative estimate of drug-likeness (QED) is 0.629. The Balaban J connectivity index is 1.73. The van der Waals surface area contributed by atoms with Crippen LogP contribution in [0.4, 0.5) is 22.7 Å². The number of hydrogen-bond donors (Lipinski definition) is 1. The first-order valence-electron chi connectivity index (χ1n) is 8.05. The monoisotopic (exact) mass is 427 g/mol. The predicted molar refractivity (Wildman–Crippen MR) is 98.4 cm³/mol. The fourth-order valence-electron chi connectivity index (χ4n) is 2.48. The topological polar surface area (TPSA) is 73.2 Å². The van der Waals surface area contributed by atoms with E-state index in [2.05, 4.69) is 10.3 Å². The van der Waals surface area contributed by atoms with E-state index in [1.165, 1.54) is 19.2 Å². The van der Waals surface area contributed by atoms with Gasteiger partial charge in [0.1, 0.15) is 12.1 Å². The number of anilines is 1. The van der Waals surface area contributed by atoms with Crippen LogP contribution in [-0.4, -0.2) is 22.6 Å². The summed E-state index contributed by atoms with van der Waals surface area (Å²) < 4.78 is 57.7. The number of nitrogens with one attached hydrogen (secondary N) is 1. The van der Waals surface area contributed by atoms with Crippen molar-refractivity contribution in [3.05, 3.63) is 63.6 Å². The molecule has 0 spiro atoms. The smallest absolute Gasteiger partial charge is 0.421 e. The fraction of sp³-hybridized carbons (Fsp3) is 0.167. The number of alkyl halides is 3. The molecule has 3 rings (SSSR count). The van der Waals surface area contributed by atoms with Crippen LogP contribution in [0.25, 0.3) is 11.3 Å². The van der Waals surface area contributed by atoms with Gasteiger partial charge in [-0.3, -0.25) is 9.59 Å². The maximum atomic E-state index is 13.8. The first kappa shape index (κ1) is 20.5. The Bertz CT molecular complexity index is 1110. The number of methoxy groups -OCH3 is 1. The van der Waals surface area contributed by atoms with E-state index >= 15 is 0 Å². The molecule has 11 heteroatoms. The summed E-state index contributed by atoms with van der Waals surface area (Å²) in [6, 6.07) is 5.93. The van der Waals surface area contributed by atoms with Crippen molar-refractivity contribution in [3.63, 3.8) is 0 Å². The average molecular weight is 427 g/mol. The van der Waals surface area contributed by atoms with Gasteiger partial charge in [-0.15, -0.1) is 11.3 Å². The lowest BCUT2D eigenvalue weighted by Gasteiger charge is -2.09. The van der Waals surface area contributed by atoms with Gasteiger partial charge in [0.15, 0.2) is 16.7 Å². The number of halogens is 4. The zero-order valence-corrected chi connectivity index (χ0v) is 15.6. The number of hydrogen-bond acceptors (Lipinski definition) is 5. The van der Waals surface area contributed by atoms with Crippen LogP contribution in [0.1, 0.15) is 5.56 Å². The number of benzene rings is 1. The molecule has 0 fully saturated rings. The highest BCUT2D eigenvalue weighted by molar-refractivity contribution is 7.14. The average Bonchev–Trinajstić information content (AvgIpc) is 3.10. The number of carbonyl (C=O) groups excluding carboxylic acids is 1. The van der Waals surface area contributed by atoms with Crippen LogP contribution in [0.5, 0.6) is 5.75 Å². The number of amides is 1. The van der Waals surface area contributed by atoms with E-state index in [0.29, 0.717) is 21.9 Å². The molecule has 1 amide bonds. The molecule has 2 aromatic heterocycles. The third-order valence-corrected chi connectivity index (χ3v) is 4.60. The Morgan fingerprint density at radius 2 is 2.07 bits per heavy atom. The molecular formula is C18H13F4N3O3S. The lowest BCUT2D eigenvalue weighted by molar-refractivity contribution is -0.139. The zero-order valence-electron chi connectivity index (χ0n) is 14.8. The van der Waals surface area contributed by atoms with Gasteiger partial charge in [-0.05, 0) is 30.3 Å². The van der Waals surface area contributed by atoms with Gasteiger partial charge in [0.2, 0.25) is 5.91 Å². The van der Waals surface area contributed by atoms with Gasteiger partial charge in [0.05, 0.1) is 12.8 Å². The molecule has 2 heterocycles. The first-order chi connectivity index (χ1) is 13.7. The maximum absolute atomic E-state index is 13.8. The number of carbonyl (C=O) groups is 1. The molecule has 0 atom stereocenters. The van der Waals surface area contributed by atoms with Crippen LogP contribution in [0, 0.1) is 5.82 Å². The predicted octanol–water partition coefficient (Wildman–Crippen LogP) is 3.78. The summed E-state index contributed by atoms with van der Waals surface area (Å²) in [4.78, 5) is 28.1.